The van der Waals surface area contributed by atoms with Crippen molar-refractivity contribution in [1.29, 1.82) is 0 Å². The Balaban J connectivity index is 2.17. The quantitative estimate of drug-likeness (QED) is 0.781. The molecule has 1 amide bonds. The minimum Gasteiger partial charge on any atom is -0.478 e. The molecule has 0 aromatic heterocycles. The lowest BCUT2D eigenvalue weighted by Gasteiger charge is -2.26. The number of hydrogen-bond donors (Lipinski definition) is 3. The van der Waals surface area contributed by atoms with Crippen LogP contribution in [0.1, 0.15) is 36.5 Å². The van der Waals surface area contributed by atoms with Gasteiger partial charge in [0.05, 0.1) is 21.7 Å². The van der Waals surface area contributed by atoms with Crippen molar-refractivity contribution >= 4 is 29.2 Å². The second kappa shape index (κ2) is 6.45. The largest absolute Gasteiger partial charge is 0.478 e. The average molecular weight is 311 g/mol. The number of carboxylic acid groups (broad SMARTS) is 1. The van der Waals surface area contributed by atoms with Crippen molar-refractivity contribution in [2.45, 2.75) is 26.2 Å². The van der Waals surface area contributed by atoms with Crippen LogP contribution in [0.15, 0.2) is 18.2 Å². The maximum absolute atomic E-state index is 12.6. The van der Waals surface area contributed by atoms with Crippen LogP contribution in [0.2, 0.25) is 5.02 Å². The van der Waals surface area contributed by atoms with Gasteiger partial charge in [-0.2, -0.15) is 0 Å². The molecule has 5 nitrogen and oxygen atoms in total. The number of amides is 1. The Morgan fingerprint density at radius 2 is 2.24 bits per heavy atom. The molecule has 0 aliphatic carbocycles. The van der Waals surface area contributed by atoms with Crippen LogP contribution in [0.3, 0.4) is 0 Å². The molecule has 0 radical (unpaired) electrons. The van der Waals surface area contributed by atoms with Crippen molar-refractivity contribution in [2.75, 3.05) is 18.4 Å². The number of aromatic carboxylic acids is 1. The molecule has 0 spiro atoms. The van der Waals surface area contributed by atoms with Gasteiger partial charge >= 0.3 is 5.97 Å². The SMILES string of the molecule is CCCC1(C(=O)Nc2ccc(C(=O)O)cc2Cl)CCNC1. The Morgan fingerprint density at radius 1 is 1.48 bits per heavy atom. The van der Waals surface area contributed by atoms with Crippen LogP contribution in [0.5, 0.6) is 0 Å². The lowest BCUT2D eigenvalue weighted by atomic mass is 9.81. The summed E-state index contributed by atoms with van der Waals surface area (Å²) in [7, 11) is 0. The maximum Gasteiger partial charge on any atom is 0.335 e. The van der Waals surface area contributed by atoms with Crippen molar-refractivity contribution < 1.29 is 14.7 Å². The molecule has 3 N–H and O–H groups in total. The van der Waals surface area contributed by atoms with Gasteiger partial charge in [-0.1, -0.05) is 24.9 Å². The van der Waals surface area contributed by atoms with Crippen LogP contribution in [-0.4, -0.2) is 30.1 Å². The van der Waals surface area contributed by atoms with Crippen LogP contribution >= 0.6 is 11.6 Å². The number of anilines is 1. The number of hydrogen-bond acceptors (Lipinski definition) is 3. The molecule has 0 bridgehead atoms. The van der Waals surface area contributed by atoms with Gasteiger partial charge in [-0.15, -0.1) is 0 Å². The van der Waals surface area contributed by atoms with Gasteiger partial charge in [0.25, 0.3) is 0 Å². The van der Waals surface area contributed by atoms with Gasteiger partial charge in [0, 0.05) is 6.54 Å². The first-order valence-electron chi connectivity index (χ1n) is 7.03. The molecule has 1 aromatic rings. The van der Waals surface area contributed by atoms with Crippen molar-refractivity contribution in [3.05, 3.63) is 28.8 Å². The topological polar surface area (TPSA) is 78.4 Å². The standard InChI is InChI=1S/C15H19ClN2O3/c1-2-5-15(6-7-17-9-15)14(21)18-12-4-3-10(13(19)20)8-11(12)16/h3-4,8,17H,2,5-7,9H2,1H3,(H,18,21)(H,19,20). The van der Waals surface area contributed by atoms with E-state index >= 15 is 0 Å². The van der Waals surface area contributed by atoms with Crippen molar-refractivity contribution in [3.8, 4) is 0 Å². The van der Waals surface area contributed by atoms with E-state index < -0.39 is 11.4 Å². The zero-order valence-electron chi connectivity index (χ0n) is 11.9. The summed E-state index contributed by atoms with van der Waals surface area (Å²) in [5.74, 6) is -1.10. The molecule has 1 aromatic carbocycles. The number of benzene rings is 1. The van der Waals surface area contributed by atoms with Crippen molar-refractivity contribution in [3.63, 3.8) is 0 Å². The van der Waals surface area contributed by atoms with Crippen LogP contribution in [0, 0.1) is 5.41 Å². The molecule has 0 saturated carbocycles. The number of nitrogens with one attached hydrogen (secondary N) is 2. The molecule has 1 saturated heterocycles. The number of carboxylic acids is 1. The summed E-state index contributed by atoms with van der Waals surface area (Å²) in [6.07, 6.45) is 2.55. The summed E-state index contributed by atoms with van der Waals surface area (Å²) in [6.45, 7) is 3.55. The maximum atomic E-state index is 12.6. The van der Waals surface area contributed by atoms with Gasteiger partial charge in [0.15, 0.2) is 0 Å². The summed E-state index contributed by atoms with van der Waals surface area (Å²) in [6, 6.07) is 4.31. The van der Waals surface area contributed by atoms with Gasteiger partial charge < -0.3 is 15.7 Å². The Morgan fingerprint density at radius 3 is 2.76 bits per heavy atom. The fourth-order valence-corrected chi connectivity index (χ4v) is 2.98. The Kier molecular flexibility index (Phi) is 4.85. The molecule has 114 valence electrons. The third-order valence-electron chi connectivity index (χ3n) is 3.92. The van der Waals surface area contributed by atoms with Crippen molar-refractivity contribution in [2.24, 2.45) is 5.41 Å². The molecule has 6 heteroatoms. The molecule has 1 aliphatic rings. The third-order valence-corrected chi connectivity index (χ3v) is 4.23. The van der Waals surface area contributed by atoms with Crippen LogP contribution in [0.4, 0.5) is 5.69 Å². The van der Waals surface area contributed by atoms with E-state index in [2.05, 4.69) is 17.6 Å². The fraction of sp³-hybridized carbons (Fsp3) is 0.467. The zero-order chi connectivity index (χ0) is 15.5. The van der Waals surface area contributed by atoms with E-state index in [4.69, 9.17) is 16.7 Å². The number of rotatable bonds is 5. The van der Waals surface area contributed by atoms with E-state index in [1.807, 2.05) is 0 Å². The average Bonchev–Trinajstić information content (AvgIpc) is 2.91. The highest BCUT2D eigenvalue weighted by Crippen LogP contribution is 2.33. The van der Waals surface area contributed by atoms with Gasteiger partial charge in [-0.05, 0) is 37.6 Å². The van der Waals surface area contributed by atoms with Gasteiger partial charge in [0.1, 0.15) is 0 Å². The second-order valence-electron chi connectivity index (χ2n) is 5.41. The first-order chi connectivity index (χ1) is 9.98. The van der Waals surface area contributed by atoms with Crippen molar-refractivity contribution in [1.82, 2.24) is 5.32 Å². The van der Waals surface area contributed by atoms with Crippen LogP contribution in [0.25, 0.3) is 0 Å². The molecule has 1 unspecified atom stereocenters. The molecule has 1 atom stereocenters. The number of halogens is 1. The lowest BCUT2D eigenvalue weighted by molar-refractivity contribution is -0.125. The minimum absolute atomic E-state index is 0.0562. The first-order valence-corrected chi connectivity index (χ1v) is 7.41. The van der Waals surface area contributed by atoms with E-state index in [1.54, 1.807) is 0 Å². The summed E-state index contributed by atoms with van der Waals surface area (Å²) >= 11 is 6.05. The first kappa shape index (κ1) is 15.8. The zero-order valence-corrected chi connectivity index (χ0v) is 12.7. The van der Waals surface area contributed by atoms with E-state index in [9.17, 15) is 9.59 Å². The third kappa shape index (κ3) is 3.36. The van der Waals surface area contributed by atoms with E-state index in [0.717, 1.165) is 25.8 Å². The Bertz CT molecular complexity index is 554. The predicted molar refractivity (Wildman–Crippen MR) is 81.9 cm³/mol. The van der Waals surface area contributed by atoms with E-state index in [-0.39, 0.29) is 16.5 Å². The monoisotopic (exact) mass is 310 g/mol. The normalized spacial score (nSPS) is 21.2. The summed E-state index contributed by atoms with van der Waals surface area (Å²) in [4.78, 5) is 23.4. The Hall–Kier alpha value is -1.59. The predicted octanol–water partition coefficient (Wildman–Crippen LogP) is 2.76. The lowest BCUT2D eigenvalue weighted by Crippen LogP contribution is -2.38. The molecule has 1 heterocycles. The van der Waals surface area contributed by atoms with Gasteiger partial charge in [-0.25, -0.2) is 4.79 Å². The smallest absolute Gasteiger partial charge is 0.335 e. The number of carbonyl (C=O) groups excluding carboxylic acids is 1. The summed E-state index contributed by atoms with van der Waals surface area (Å²) in [5, 5.41) is 15.2. The fourth-order valence-electron chi connectivity index (χ4n) is 2.75. The van der Waals surface area contributed by atoms with Crippen LogP contribution < -0.4 is 10.6 Å². The molecule has 1 fully saturated rings. The second-order valence-corrected chi connectivity index (χ2v) is 5.82. The molecular weight excluding hydrogens is 292 g/mol. The molecule has 1 aliphatic heterocycles. The van der Waals surface area contributed by atoms with E-state index in [1.165, 1.54) is 18.2 Å². The molecular formula is C15H19ClN2O3. The summed E-state index contributed by atoms with van der Waals surface area (Å²) < 4.78 is 0. The minimum atomic E-state index is -1.04. The highest BCUT2D eigenvalue weighted by atomic mass is 35.5. The van der Waals surface area contributed by atoms with Crippen LogP contribution in [-0.2, 0) is 4.79 Å². The molecule has 21 heavy (non-hydrogen) atoms. The Labute approximate surface area is 128 Å². The van der Waals surface area contributed by atoms with Gasteiger partial charge in [-0.3, -0.25) is 4.79 Å². The number of carbonyl (C=O) groups is 2. The van der Waals surface area contributed by atoms with E-state index in [0.29, 0.717) is 12.2 Å². The van der Waals surface area contributed by atoms with Gasteiger partial charge in [0.2, 0.25) is 5.91 Å². The molecule has 2 rings (SSSR count). The highest BCUT2D eigenvalue weighted by Gasteiger charge is 2.40. The summed E-state index contributed by atoms with van der Waals surface area (Å²) in [5.41, 5.74) is 0.154. The highest BCUT2D eigenvalue weighted by molar-refractivity contribution is 6.34.